The van der Waals surface area contributed by atoms with E-state index in [9.17, 15) is 0 Å². The molecule has 4 aliphatic rings. The predicted molar refractivity (Wildman–Crippen MR) is 138 cm³/mol. The Bertz CT molecular complexity index is 1000. The molecule has 36 heavy (non-hydrogen) atoms. The third-order valence-corrected chi connectivity index (χ3v) is 7.32. The van der Waals surface area contributed by atoms with Crippen molar-refractivity contribution in [1.82, 2.24) is 0 Å². The van der Waals surface area contributed by atoms with E-state index in [1.165, 1.54) is 5.56 Å². The first-order chi connectivity index (χ1) is 17.5. The second kappa shape index (κ2) is 10.3. The molecule has 2 spiro atoms. The minimum atomic E-state index is -0.422. The molecule has 4 heterocycles. The Labute approximate surface area is 213 Å². The normalized spacial score (nSPS) is 23.9. The summed E-state index contributed by atoms with van der Waals surface area (Å²) in [5.74, 6) is 0. The van der Waals surface area contributed by atoms with E-state index in [1.54, 1.807) is 0 Å². The highest BCUT2D eigenvalue weighted by Gasteiger charge is 2.46. The van der Waals surface area contributed by atoms with Gasteiger partial charge in [-0.3, -0.25) is 0 Å². The molecule has 4 saturated heterocycles. The molecule has 4 fully saturated rings. The van der Waals surface area contributed by atoms with Gasteiger partial charge < -0.3 is 37.2 Å². The fraction of sp³-hybridized carbons (Fsp3) is 0.500. The van der Waals surface area contributed by atoms with Gasteiger partial charge in [-0.2, -0.15) is 0 Å². The second-order valence-electron chi connectivity index (χ2n) is 10.6. The van der Waals surface area contributed by atoms with Crippen molar-refractivity contribution >= 4 is 44.9 Å². The molecule has 0 N–H and O–H groups in total. The van der Waals surface area contributed by atoms with Crippen LogP contribution in [0.15, 0.2) is 48.5 Å². The maximum Gasteiger partial charge on any atom is 0.493 e. The lowest BCUT2D eigenvalue weighted by Crippen LogP contribution is -2.58. The first-order valence-electron chi connectivity index (χ1n) is 12.6. The zero-order chi connectivity index (χ0) is 24.6. The first kappa shape index (κ1) is 24.7. The molecule has 12 heteroatoms. The van der Waals surface area contributed by atoms with Crippen LogP contribution in [-0.2, 0) is 37.2 Å². The number of rotatable bonds is 3. The van der Waals surface area contributed by atoms with Crippen molar-refractivity contribution in [2.75, 3.05) is 52.9 Å². The average Bonchev–Trinajstić information content (AvgIpc) is 2.93. The highest BCUT2D eigenvalue weighted by atomic mass is 16.6. The van der Waals surface area contributed by atoms with Gasteiger partial charge in [-0.15, -0.1) is 0 Å². The molecule has 0 unspecified atom stereocenters. The van der Waals surface area contributed by atoms with Crippen LogP contribution in [0.5, 0.6) is 0 Å². The summed E-state index contributed by atoms with van der Waals surface area (Å²) in [5.41, 5.74) is 3.65. The second-order valence-corrected chi connectivity index (χ2v) is 10.6. The third-order valence-electron chi connectivity index (χ3n) is 7.32. The molecular weight excluding hydrogens is 460 g/mol. The highest BCUT2D eigenvalue weighted by Crippen LogP contribution is 2.29. The van der Waals surface area contributed by atoms with Crippen molar-refractivity contribution in [3.05, 3.63) is 54.1 Å². The number of hydrogen-bond donors (Lipinski definition) is 0. The molecular formula is C24H30B4O8. The van der Waals surface area contributed by atoms with Crippen LogP contribution in [-0.4, -0.2) is 81.3 Å². The van der Waals surface area contributed by atoms with Crippen molar-refractivity contribution in [2.45, 2.75) is 13.7 Å². The standard InChI is InChI=1S/C24H30B4O8/c1-19-3-5-20(6-4-19)26-33-15-24(16-34-26)17-35-28(36-18-24)22-9-7-21(8-10-22)27-31-13-23(14-32-27)11-29-25(2)30-12-23/h3-10H,11-18H2,1-2H3. The van der Waals surface area contributed by atoms with Gasteiger partial charge in [-0.25, -0.2) is 0 Å². The molecule has 0 amide bonds. The van der Waals surface area contributed by atoms with Crippen LogP contribution in [0.1, 0.15) is 5.56 Å². The van der Waals surface area contributed by atoms with Gasteiger partial charge in [0.1, 0.15) is 0 Å². The van der Waals surface area contributed by atoms with Gasteiger partial charge in [-0.05, 0) is 30.1 Å². The van der Waals surface area contributed by atoms with E-state index < -0.39 is 14.2 Å². The SMILES string of the molecule is CB1OCC2(CO1)COB(c1ccc(B3OCC4(COB(c5ccc(C)cc5)OC4)CO3)cc1)OC2. The molecule has 0 aliphatic carbocycles. The topological polar surface area (TPSA) is 73.8 Å². The van der Waals surface area contributed by atoms with Crippen molar-refractivity contribution in [1.29, 1.82) is 0 Å². The minimum Gasteiger partial charge on any atom is -0.410 e. The van der Waals surface area contributed by atoms with Gasteiger partial charge >= 0.3 is 28.5 Å². The zero-order valence-corrected chi connectivity index (χ0v) is 20.9. The van der Waals surface area contributed by atoms with Gasteiger partial charge in [0, 0.05) is 52.9 Å². The summed E-state index contributed by atoms with van der Waals surface area (Å²) in [5, 5.41) is 0. The summed E-state index contributed by atoms with van der Waals surface area (Å²) in [6.45, 7) is 8.31. The molecule has 0 bridgehead atoms. The summed E-state index contributed by atoms with van der Waals surface area (Å²) in [6.07, 6.45) is 0. The smallest absolute Gasteiger partial charge is 0.410 e. The monoisotopic (exact) mass is 490 g/mol. The molecule has 8 nitrogen and oxygen atoms in total. The Hall–Kier alpha value is -1.62. The van der Waals surface area contributed by atoms with Gasteiger partial charge in [0.05, 0.1) is 10.8 Å². The van der Waals surface area contributed by atoms with Crippen LogP contribution >= 0.6 is 0 Å². The van der Waals surface area contributed by atoms with Crippen LogP contribution in [0, 0.1) is 17.8 Å². The molecule has 0 atom stereocenters. The molecule has 0 aromatic heterocycles. The largest absolute Gasteiger partial charge is 0.493 e. The Morgan fingerprint density at radius 2 is 0.750 bits per heavy atom. The quantitative estimate of drug-likeness (QED) is 0.561. The number of hydrogen-bond acceptors (Lipinski definition) is 8. The predicted octanol–water partition coefficient (Wildman–Crippen LogP) is 0.0588. The Kier molecular flexibility index (Phi) is 7.05. The van der Waals surface area contributed by atoms with E-state index in [2.05, 4.69) is 19.1 Å². The van der Waals surface area contributed by atoms with E-state index in [4.69, 9.17) is 37.2 Å². The van der Waals surface area contributed by atoms with Crippen LogP contribution in [0.4, 0.5) is 0 Å². The lowest BCUT2D eigenvalue weighted by molar-refractivity contribution is -0.0802. The number of aryl methyl sites for hydroxylation is 1. The average molecular weight is 490 g/mol. The van der Waals surface area contributed by atoms with E-state index in [1.807, 2.05) is 43.2 Å². The lowest BCUT2D eigenvalue weighted by Gasteiger charge is -2.43. The lowest BCUT2D eigenvalue weighted by atomic mass is 9.70. The molecule has 2 aromatic carbocycles. The van der Waals surface area contributed by atoms with Crippen molar-refractivity contribution in [2.24, 2.45) is 10.8 Å². The summed E-state index contributed by atoms with van der Waals surface area (Å²) in [7, 11) is -1.34. The van der Waals surface area contributed by atoms with E-state index in [-0.39, 0.29) is 25.1 Å². The summed E-state index contributed by atoms with van der Waals surface area (Å²) in [6, 6.07) is 16.3. The molecule has 0 radical (unpaired) electrons. The van der Waals surface area contributed by atoms with Crippen molar-refractivity contribution in [3.8, 4) is 0 Å². The van der Waals surface area contributed by atoms with Gasteiger partial charge in [0.2, 0.25) is 0 Å². The van der Waals surface area contributed by atoms with E-state index in [0.29, 0.717) is 52.9 Å². The summed E-state index contributed by atoms with van der Waals surface area (Å²) in [4.78, 5) is 0. The Morgan fingerprint density at radius 3 is 1.08 bits per heavy atom. The summed E-state index contributed by atoms with van der Waals surface area (Å²) < 4.78 is 47.6. The fourth-order valence-electron chi connectivity index (χ4n) is 4.91. The molecule has 0 saturated carbocycles. The molecule has 186 valence electrons. The van der Waals surface area contributed by atoms with Crippen LogP contribution in [0.25, 0.3) is 0 Å². The van der Waals surface area contributed by atoms with E-state index in [0.717, 1.165) is 16.4 Å². The fourth-order valence-corrected chi connectivity index (χ4v) is 4.91. The van der Waals surface area contributed by atoms with Crippen molar-refractivity contribution in [3.63, 3.8) is 0 Å². The molecule has 4 aliphatic heterocycles. The van der Waals surface area contributed by atoms with E-state index >= 15 is 0 Å². The van der Waals surface area contributed by atoms with Gasteiger partial charge in [0.25, 0.3) is 0 Å². The highest BCUT2D eigenvalue weighted by molar-refractivity contribution is 6.63. The Balaban J connectivity index is 0.993. The summed E-state index contributed by atoms with van der Waals surface area (Å²) >= 11 is 0. The Morgan fingerprint density at radius 1 is 0.472 bits per heavy atom. The van der Waals surface area contributed by atoms with Crippen LogP contribution < -0.4 is 16.4 Å². The maximum atomic E-state index is 6.11. The van der Waals surface area contributed by atoms with Gasteiger partial charge in [-0.1, -0.05) is 54.1 Å². The van der Waals surface area contributed by atoms with Gasteiger partial charge in [0.15, 0.2) is 0 Å². The third kappa shape index (κ3) is 5.19. The zero-order valence-electron chi connectivity index (χ0n) is 20.9. The van der Waals surface area contributed by atoms with Crippen LogP contribution in [0.3, 0.4) is 0 Å². The number of benzene rings is 2. The maximum absolute atomic E-state index is 6.11. The first-order valence-corrected chi connectivity index (χ1v) is 12.6. The molecule has 2 aromatic rings. The molecule has 6 rings (SSSR count). The van der Waals surface area contributed by atoms with Crippen LogP contribution in [0.2, 0.25) is 6.82 Å². The minimum absolute atomic E-state index is 0.172. The van der Waals surface area contributed by atoms with Crippen molar-refractivity contribution < 1.29 is 37.2 Å².